The molecule has 0 bridgehead atoms. The molecule has 182 valence electrons. The number of pyridine rings is 1. The summed E-state index contributed by atoms with van der Waals surface area (Å²) in [5.74, 6) is 0.551. The largest absolute Gasteiger partial charge is 0.337 e. The number of nitrogens with one attached hydrogen (secondary N) is 1. The second kappa shape index (κ2) is 10.7. The maximum Gasteiger partial charge on any atom is 0.178 e. The third-order valence-corrected chi connectivity index (χ3v) is 6.04. The summed E-state index contributed by atoms with van der Waals surface area (Å²) in [6.45, 7) is 0. The number of rotatable bonds is 6. The fourth-order valence-electron chi connectivity index (χ4n) is 4.16. The molecule has 38 heavy (non-hydrogen) atoms. The molecule has 2 heterocycles. The molecule has 6 heteroatoms. The standard InChI is InChI=1S/C32H24N6/c1-4-13-25(14-5-1)31-26(23-38(37-31)28-17-8-3-9-18-28)22-33-36-32(34-27-15-6-2-7-16-27)30-21-20-24-12-10-11-19-29(24)35-30/h1-23H,(H,34,36). The number of anilines is 1. The molecular weight excluding hydrogens is 468 g/mol. The zero-order valence-corrected chi connectivity index (χ0v) is 20.5. The van der Waals surface area contributed by atoms with Crippen LogP contribution in [0.2, 0.25) is 0 Å². The fraction of sp³-hybridized carbons (Fsp3) is 0. The van der Waals surface area contributed by atoms with E-state index in [4.69, 9.17) is 10.1 Å². The number of para-hydroxylation sites is 3. The monoisotopic (exact) mass is 492 g/mol. The van der Waals surface area contributed by atoms with Gasteiger partial charge < -0.3 is 5.32 Å². The minimum Gasteiger partial charge on any atom is -0.337 e. The quantitative estimate of drug-likeness (QED) is 0.155. The maximum atomic E-state index is 4.86. The predicted molar refractivity (Wildman–Crippen MR) is 155 cm³/mol. The van der Waals surface area contributed by atoms with Gasteiger partial charge in [-0.3, -0.25) is 0 Å². The molecule has 1 N–H and O–H groups in total. The summed E-state index contributed by atoms with van der Waals surface area (Å²) in [6.07, 6.45) is 3.71. The zero-order valence-electron chi connectivity index (χ0n) is 20.5. The third-order valence-electron chi connectivity index (χ3n) is 6.04. The van der Waals surface area contributed by atoms with E-state index in [1.165, 1.54) is 0 Å². The van der Waals surface area contributed by atoms with E-state index in [2.05, 4.69) is 15.5 Å². The number of hydrogen-bond acceptors (Lipinski definition) is 4. The van der Waals surface area contributed by atoms with Gasteiger partial charge in [0.25, 0.3) is 0 Å². The van der Waals surface area contributed by atoms with Gasteiger partial charge >= 0.3 is 0 Å². The number of amidine groups is 1. The fourth-order valence-corrected chi connectivity index (χ4v) is 4.16. The van der Waals surface area contributed by atoms with Gasteiger partial charge in [-0.1, -0.05) is 91.0 Å². The summed E-state index contributed by atoms with van der Waals surface area (Å²) in [5.41, 5.74) is 6.16. The smallest absolute Gasteiger partial charge is 0.178 e. The van der Waals surface area contributed by atoms with Crippen molar-refractivity contribution in [2.75, 3.05) is 5.32 Å². The van der Waals surface area contributed by atoms with Gasteiger partial charge in [0.15, 0.2) is 5.84 Å². The molecule has 0 amide bonds. The molecule has 0 fully saturated rings. The molecule has 0 saturated heterocycles. The molecule has 6 nitrogen and oxygen atoms in total. The lowest BCUT2D eigenvalue weighted by molar-refractivity contribution is 0.884. The second-order valence-corrected chi connectivity index (χ2v) is 8.65. The molecule has 0 saturated carbocycles. The first-order valence-electron chi connectivity index (χ1n) is 12.3. The van der Waals surface area contributed by atoms with Crippen LogP contribution in [0.5, 0.6) is 0 Å². The normalized spacial score (nSPS) is 11.7. The summed E-state index contributed by atoms with van der Waals surface area (Å²) in [7, 11) is 0. The van der Waals surface area contributed by atoms with E-state index >= 15 is 0 Å². The maximum absolute atomic E-state index is 4.86. The van der Waals surface area contributed by atoms with Crippen molar-refractivity contribution >= 4 is 28.6 Å². The van der Waals surface area contributed by atoms with Gasteiger partial charge in [-0.25, -0.2) is 9.67 Å². The van der Waals surface area contributed by atoms with E-state index in [0.717, 1.165) is 39.1 Å². The Balaban J connectivity index is 1.40. The van der Waals surface area contributed by atoms with Crippen LogP contribution < -0.4 is 5.32 Å². The number of benzene rings is 4. The molecule has 0 aliphatic heterocycles. The SMILES string of the molecule is C(=NN=C(Nc1ccccc1)c1ccc2ccccc2n1)c1cn(-c2ccccc2)nc1-c1ccccc1. The van der Waals surface area contributed by atoms with E-state index < -0.39 is 0 Å². The topological polar surface area (TPSA) is 67.5 Å². The lowest BCUT2D eigenvalue weighted by atomic mass is 10.1. The third kappa shape index (κ3) is 5.10. The van der Waals surface area contributed by atoms with Gasteiger partial charge in [0, 0.05) is 28.4 Å². The molecule has 0 aliphatic carbocycles. The average Bonchev–Trinajstić information content (AvgIpc) is 3.42. The van der Waals surface area contributed by atoms with E-state index in [1.807, 2.05) is 138 Å². The molecule has 0 atom stereocenters. The van der Waals surface area contributed by atoms with Crippen molar-refractivity contribution < 1.29 is 0 Å². The Kier molecular flexibility index (Phi) is 6.51. The first-order chi connectivity index (χ1) is 18.8. The van der Waals surface area contributed by atoms with Gasteiger partial charge in [0.05, 0.1) is 17.4 Å². The van der Waals surface area contributed by atoms with Crippen LogP contribution >= 0.6 is 0 Å². The lowest BCUT2D eigenvalue weighted by Gasteiger charge is -2.09. The van der Waals surface area contributed by atoms with E-state index in [9.17, 15) is 0 Å². The van der Waals surface area contributed by atoms with Gasteiger partial charge in [-0.05, 0) is 36.4 Å². The highest BCUT2D eigenvalue weighted by Gasteiger charge is 2.12. The van der Waals surface area contributed by atoms with Crippen LogP contribution in [0.4, 0.5) is 5.69 Å². The summed E-state index contributed by atoms with van der Waals surface area (Å²) in [6, 6.07) is 42.0. The Morgan fingerprint density at radius 2 is 1.39 bits per heavy atom. The molecule has 4 aromatic carbocycles. The van der Waals surface area contributed by atoms with Crippen molar-refractivity contribution in [2.24, 2.45) is 10.2 Å². The van der Waals surface area contributed by atoms with Gasteiger partial charge in [-0.2, -0.15) is 10.2 Å². The van der Waals surface area contributed by atoms with Crippen LogP contribution in [0.25, 0.3) is 27.8 Å². The highest BCUT2D eigenvalue weighted by atomic mass is 15.3. The highest BCUT2D eigenvalue weighted by molar-refractivity contribution is 6.08. The molecule has 6 aromatic rings. The lowest BCUT2D eigenvalue weighted by Crippen LogP contribution is -2.15. The Labute approximate surface area is 220 Å². The predicted octanol–water partition coefficient (Wildman–Crippen LogP) is 6.98. The van der Waals surface area contributed by atoms with Crippen LogP contribution in [0.1, 0.15) is 11.3 Å². The van der Waals surface area contributed by atoms with Crippen LogP contribution in [0, 0.1) is 0 Å². The van der Waals surface area contributed by atoms with Crippen molar-refractivity contribution in [1.29, 1.82) is 0 Å². The van der Waals surface area contributed by atoms with Crippen molar-refractivity contribution in [2.45, 2.75) is 0 Å². The number of nitrogens with zero attached hydrogens (tertiary/aromatic N) is 5. The van der Waals surface area contributed by atoms with Gasteiger partial charge in [0.1, 0.15) is 11.4 Å². The van der Waals surface area contributed by atoms with Gasteiger partial charge in [0.2, 0.25) is 0 Å². The zero-order chi connectivity index (χ0) is 25.6. The Hall–Kier alpha value is -5.36. The molecular formula is C32H24N6. The van der Waals surface area contributed by atoms with Crippen LogP contribution in [-0.2, 0) is 0 Å². The summed E-state index contributed by atoms with van der Waals surface area (Å²) in [5, 5.41) is 18.4. The Bertz CT molecular complexity index is 1720. The number of aromatic nitrogens is 3. The van der Waals surface area contributed by atoms with Crippen molar-refractivity contribution in [3.05, 3.63) is 145 Å². The van der Waals surface area contributed by atoms with E-state index in [-0.39, 0.29) is 0 Å². The minimum atomic E-state index is 0.551. The molecule has 2 aromatic heterocycles. The van der Waals surface area contributed by atoms with Crippen molar-refractivity contribution in [1.82, 2.24) is 14.8 Å². The first-order valence-corrected chi connectivity index (χ1v) is 12.3. The van der Waals surface area contributed by atoms with E-state index in [0.29, 0.717) is 11.5 Å². The number of fused-ring (bicyclic) bond motifs is 1. The average molecular weight is 493 g/mol. The number of hydrogen-bond donors (Lipinski definition) is 1. The van der Waals surface area contributed by atoms with Crippen LogP contribution in [0.15, 0.2) is 144 Å². The molecule has 0 spiro atoms. The molecule has 0 unspecified atom stereocenters. The Morgan fingerprint density at radius 1 is 0.711 bits per heavy atom. The first kappa shape index (κ1) is 23.1. The highest BCUT2D eigenvalue weighted by Crippen LogP contribution is 2.22. The summed E-state index contributed by atoms with van der Waals surface area (Å²) < 4.78 is 1.86. The second-order valence-electron chi connectivity index (χ2n) is 8.65. The van der Waals surface area contributed by atoms with Gasteiger partial charge in [-0.15, -0.1) is 5.10 Å². The minimum absolute atomic E-state index is 0.551. The Morgan fingerprint density at radius 3 is 2.18 bits per heavy atom. The molecule has 6 rings (SSSR count). The van der Waals surface area contributed by atoms with Crippen molar-refractivity contribution in [3.8, 4) is 16.9 Å². The van der Waals surface area contributed by atoms with Crippen LogP contribution in [0.3, 0.4) is 0 Å². The summed E-state index contributed by atoms with van der Waals surface area (Å²) in [4.78, 5) is 4.82. The summed E-state index contributed by atoms with van der Waals surface area (Å²) >= 11 is 0. The molecule has 0 aliphatic rings. The van der Waals surface area contributed by atoms with Crippen molar-refractivity contribution in [3.63, 3.8) is 0 Å². The molecule has 0 radical (unpaired) electrons. The van der Waals surface area contributed by atoms with Crippen LogP contribution in [-0.4, -0.2) is 26.8 Å². The van der Waals surface area contributed by atoms with E-state index in [1.54, 1.807) is 6.21 Å².